The van der Waals surface area contributed by atoms with Gasteiger partial charge in [0.1, 0.15) is 5.82 Å². The van der Waals surface area contributed by atoms with Gasteiger partial charge in [-0.2, -0.15) is 0 Å². The molecule has 0 spiro atoms. The van der Waals surface area contributed by atoms with Crippen molar-refractivity contribution in [3.63, 3.8) is 0 Å². The van der Waals surface area contributed by atoms with Crippen LogP contribution in [0.3, 0.4) is 0 Å². The normalized spacial score (nSPS) is 13.8. The molecule has 1 amide bonds. The van der Waals surface area contributed by atoms with E-state index < -0.39 is 0 Å². The zero-order valence-electron chi connectivity index (χ0n) is 17.8. The first kappa shape index (κ1) is 20.5. The van der Waals surface area contributed by atoms with Crippen LogP contribution in [0, 0.1) is 6.92 Å². The van der Waals surface area contributed by atoms with E-state index in [-0.39, 0.29) is 17.5 Å². The van der Waals surface area contributed by atoms with Gasteiger partial charge in [-0.25, -0.2) is 4.98 Å². The Labute approximate surface area is 189 Å². The zero-order valence-corrected chi connectivity index (χ0v) is 18.5. The fraction of sp³-hybridized carbons (Fsp3) is 0.250. The standard InChI is InChI=1S/C24H22ClN5O2/c1-13-10-15(6-9-20(13)30-21-5-3-4-18(21)26-12-22(30)31)24(32)27-14(2)23-28-17-8-7-16(25)11-19(17)29-23/h6-12,14H,3-5H2,1-2H3,(H,27,32)(H,28,29). The smallest absolute Gasteiger partial charge is 0.273 e. The van der Waals surface area contributed by atoms with E-state index in [9.17, 15) is 9.59 Å². The molecule has 4 aromatic rings. The number of fused-ring (bicyclic) bond motifs is 2. The number of H-pyrrole nitrogens is 1. The first-order valence-electron chi connectivity index (χ1n) is 10.6. The Morgan fingerprint density at radius 3 is 2.88 bits per heavy atom. The Hall–Kier alpha value is -3.45. The lowest BCUT2D eigenvalue weighted by Gasteiger charge is -2.16. The van der Waals surface area contributed by atoms with Gasteiger partial charge in [0.05, 0.1) is 34.7 Å². The SMILES string of the molecule is Cc1cc(C(=O)NC(C)c2nc3ccc(Cl)cc3[nH]2)ccc1-n1c2c(ncc1=O)CCC2. The number of nitrogens with zero attached hydrogens (tertiary/aromatic N) is 3. The van der Waals surface area contributed by atoms with Gasteiger partial charge < -0.3 is 10.3 Å². The molecule has 2 aromatic heterocycles. The number of aryl methyl sites for hydroxylation is 2. The maximum Gasteiger partial charge on any atom is 0.273 e. The highest BCUT2D eigenvalue weighted by molar-refractivity contribution is 6.31. The zero-order chi connectivity index (χ0) is 22.4. The third kappa shape index (κ3) is 3.58. The van der Waals surface area contributed by atoms with Crippen molar-refractivity contribution in [1.82, 2.24) is 24.8 Å². The number of aromatic amines is 1. The molecule has 0 aliphatic heterocycles. The van der Waals surface area contributed by atoms with Crippen LogP contribution in [-0.4, -0.2) is 25.4 Å². The molecule has 1 aliphatic carbocycles. The number of halogens is 1. The van der Waals surface area contributed by atoms with E-state index in [1.54, 1.807) is 16.7 Å². The molecule has 0 fully saturated rings. The number of imidazole rings is 1. The Balaban J connectivity index is 1.40. The molecule has 0 saturated carbocycles. The largest absolute Gasteiger partial charge is 0.342 e. The Kier molecular flexibility index (Phi) is 5.06. The molecule has 5 rings (SSSR count). The molecule has 7 nitrogen and oxygen atoms in total. The Morgan fingerprint density at radius 1 is 1.22 bits per heavy atom. The van der Waals surface area contributed by atoms with Gasteiger partial charge in [-0.15, -0.1) is 0 Å². The second kappa shape index (κ2) is 7.91. The summed E-state index contributed by atoms with van der Waals surface area (Å²) < 4.78 is 1.73. The molecule has 8 heteroatoms. The van der Waals surface area contributed by atoms with Gasteiger partial charge in [-0.3, -0.25) is 19.1 Å². The van der Waals surface area contributed by atoms with Crippen LogP contribution in [0.4, 0.5) is 0 Å². The minimum Gasteiger partial charge on any atom is -0.342 e. The molecule has 2 heterocycles. The summed E-state index contributed by atoms with van der Waals surface area (Å²) in [5.74, 6) is 0.445. The van der Waals surface area contributed by atoms with Gasteiger partial charge >= 0.3 is 0 Å². The van der Waals surface area contributed by atoms with Crippen LogP contribution in [0.15, 0.2) is 47.4 Å². The quantitative estimate of drug-likeness (QED) is 0.493. The summed E-state index contributed by atoms with van der Waals surface area (Å²) >= 11 is 6.04. The monoisotopic (exact) mass is 447 g/mol. The molecule has 32 heavy (non-hydrogen) atoms. The highest BCUT2D eigenvalue weighted by Gasteiger charge is 2.20. The number of rotatable bonds is 4. The van der Waals surface area contributed by atoms with Gasteiger partial charge in [0.15, 0.2) is 0 Å². The van der Waals surface area contributed by atoms with E-state index in [1.165, 1.54) is 6.20 Å². The third-order valence-electron chi connectivity index (χ3n) is 5.90. The van der Waals surface area contributed by atoms with Crippen molar-refractivity contribution in [3.05, 3.63) is 86.3 Å². The van der Waals surface area contributed by atoms with Crippen molar-refractivity contribution in [2.75, 3.05) is 0 Å². The highest BCUT2D eigenvalue weighted by atomic mass is 35.5. The fourth-order valence-corrected chi connectivity index (χ4v) is 4.45. The minimum absolute atomic E-state index is 0.149. The summed E-state index contributed by atoms with van der Waals surface area (Å²) in [6, 6.07) is 10.5. The van der Waals surface area contributed by atoms with Crippen LogP contribution in [0.2, 0.25) is 5.02 Å². The summed E-state index contributed by atoms with van der Waals surface area (Å²) in [6.07, 6.45) is 4.10. The van der Waals surface area contributed by atoms with Crippen molar-refractivity contribution in [1.29, 1.82) is 0 Å². The van der Waals surface area contributed by atoms with E-state index in [1.807, 2.05) is 38.1 Å². The van der Waals surface area contributed by atoms with Crippen LogP contribution in [0.1, 0.15) is 52.5 Å². The summed E-state index contributed by atoms with van der Waals surface area (Å²) in [5.41, 5.74) is 5.58. The van der Waals surface area contributed by atoms with Crippen LogP contribution >= 0.6 is 11.6 Å². The van der Waals surface area contributed by atoms with Crippen molar-refractivity contribution in [2.24, 2.45) is 0 Å². The molecule has 0 bridgehead atoms. The number of hydrogen-bond donors (Lipinski definition) is 2. The maximum absolute atomic E-state index is 12.9. The lowest BCUT2D eigenvalue weighted by molar-refractivity contribution is 0.0938. The van der Waals surface area contributed by atoms with Crippen molar-refractivity contribution >= 4 is 28.5 Å². The molecule has 2 N–H and O–H groups in total. The van der Waals surface area contributed by atoms with Crippen molar-refractivity contribution in [3.8, 4) is 5.69 Å². The van der Waals surface area contributed by atoms with Gasteiger partial charge in [-0.1, -0.05) is 11.6 Å². The van der Waals surface area contributed by atoms with Gasteiger partial charge in [0.25, 0.3) is 11.5 Å². The van der Waals surface area contributed by atoms with Crippen molar-refractivity contribution in [2.45, 2.75) is 39.2 Å². The summed E-state index contributed by atoms with van der Waals surface area (Å²) in [4.78, 5) is 37.5. The predicted octanol–water partition coefficient (Wildman–Crippen LogP) is 4.05. The molecular formula is C24H22ClN5O2. The van der Waals surface area contributed by atoms with Gasteiger partial charge in [-0.05, 0) is 75.1 Å². The number of nitrogens with one attached hydrogen (secondary N) is 2. The Morgan fingerprint density at radius 2 is 2.06 bits per heavy atom. The summed E-state index contributed by atoms with van der Waals surface area (Å²) in [6.45, 7) is 3.78. The second-order valence-electron chi connectivity index (χ2n) is 8.16. The van der Waals surface area contributed by atoms with E-state index in [0.717, 1.165) is 52.9 Å². The van der Waals surface area contributed by atoms with Crippen LogP contribution in [0.25, 0.3) is 16.7 Å². The van der Waals surface area contributed by atoms with Crippen molar-refractivity contribution < 1.29 is 4.79 Å². The lowest BCUT2D eigenvalue weighted by atomic mass is 10.1. The number of carbonyl (C=O) groups excluding carboxylic acids is 1. The van der Waals surface area contributed by atoms with E-state index >= 15 is 0 Å². The number of carbonyl (C=O) groups is 1. The van der Waals surface area contributed by atoms with Gasteiger partial charge in [0.2, 0.25) is 0 Å². The molecular weight excluding hydrogens is 426 g/mol. The molecule has 1 unspecified atom stereocenters. The molecule has 1 atom stereocenters. The molecule has 0 radical (unpaired) electrons. The predicted molar refractivity (Wildman–Crippen MR) is 124 cm³/mol. The maximum atomic E-state index is 12.9. The third-order valence-corrected chi connectivity index (χ3v) is 6.14. The molecule has 162 valence electrons. The van der Waals surface area contributed by atoms with Gasteiger partial charge in [0, 0.05) is 16.3 Å². The van der Waals surface area contributed by atoms with E-state index in [2.05, 4.69) is 20.3 Å². The summed E-state index contributed by atoms with van der Waals surface area (Å²) in [7, 11) is 0. The Bertz CT molecular complexity index is 1420. The van der Waals surface area contributed by atoms with Crippen LogP contribution in [0.5, 0.6) is 0 Å². The van der Waals surface area contributed by atoms with Crippen LogP contribution < -0.4 is 10.9 Å². The van der Waals surface area contributed by atoms with Crippen LogP contribution in [-0.2, 0) is 12.8 Å². The molecule has 1 aliphatic rings. The minimum atomic E-state index is -0.320. The number of amides is 1. The number of benzene rings is 2. The first-order valence-corrected chi connectivity index (χ1v) is 11.0. The lowest BCUT2D eigenvalue weighted by Crippen LogP contribution is -2.28. The fourth-order valence-electron chi connectivity index (χ4n) is 4.28. The number of hydrogen-bond acceptors (Lipinski definition) is 4. The summed E-state index contributed by atoms with van der Waals surface area (Å²) in [5, 5.41) is 3.61. The average molecular weight is 448 g/mol. The average Bonchev–Trinajstić information content (AvgIpc) is 3.40. The van der Waals surface area contributed by atoms with E-state index in [0.29, 0.717) is 16.4 Å². The number of aromatic nitrogens is 4. The molecule has 0 saturated heterocycles. The topological polar surface area (TPSA) is 92.7 Å². The molecule has 2 aromatic carbocycles. The first-order chi connectivity index (χ1) is 15.4. The highest BCUT2D eigenvalue weighted by Crippen LogP contribution is 2.24. The van der Waals surface area contributed by atoms with E-state index in [4.69, 9.17) is 11.6 Å². The second-order valence-corrected chi connectivity index (χ2v) is 8.60.